The number of anilines is 1. The van der Waals surface area contributed by atoms with Gasteiger partial charge in [0.05, 0.1) is 11.3 Å². The smallest absolute Gasteiger partial charge is 0.294 e. The molecule has 2 unspecified atom stereocenters. The van der Waals surface area contributed by atoms with Gasteiger partial charge in [-0.1, -0.05) is 42.5 Å². The normalized spacial score (nSPS) is 20.5. The molecule has 2 aliphatic heterocycles. The number of hydrogen-bond donors (Lipinski definition) is 0. The van der Waals surface area contributed by atoms with Crippen LogP contribution in [0.1, 0.15) is 27.3 Å². The van der Waals surface area contributed by atoms with Crippen molar-refractivity contribution in [1.82, 2.24) is 4.98 Å². The minimum atomic E-state index is -4.50. The number of para-hydroxylation sites is 1. The van der Waals surface area contributed by atoms with Gasteiger partial charge in [0.25, 0.3) is 0 Å². The lowest BCUT2D eigenvalue weighted by Crippen LogP contribution is -2.30. The summed E-state index contributed by atoms with van der Waals surface area (Å²) in [5.74, 6) is -0.128. The fourth-order valence-electron chi connectivity index (χ4n) is 3.75. The molecule has 0 N–H and O–H groups in total. The van der Waals surface area contributed by atoms with Gasteiger partial charge in [0.1, 0.15) is 10.6 Å². The van der Waals surface area contributed by atoms with Crippen molar-refractivity contribution in [3.05, 3.63) is 83.6 Å². The molecular formula is C21H13F3N2OS. The fourth-order valence-corrected chi connectivity index (χ4v) is 5.26. The van der Waals surface area contributed by atoms with Gasteiger partial charge in [-0.2, -0.15) is 13.2 Å². The highest BCUT2D eigenvalue weighted by Crippen LogP contribution is 2.58. The van der Waals surface area contributed by atoms with E-state index in [0.717, 1.165) is 17.8 Å². The molecule has 2 aliphatic rings. The molecule has 1 saturated heterocycles. The lowest BCUT2D eigenvalue weighted by atomic mass is 9.94. The van der Waals surface area contributed by atoms with Gasteiger partial charge in [-0.05, 0) is 23.8 Å². The zero-order chi connectivity index (χ0) is 19.5. The molecule has 2 atom stereocenters. The van der Waals surface area contributed by atoms with Crippen LogP contribution in [-0.2, 0) is 11.0 Å². The molecule has 140 valence electrons. The highest BCUT2D eigenvalue weighted by Gasteiger charge is 2.47. The van der Waals surface area contributed by atoms with Crippen LogP contribution in [0.3, 0.4) is 0 Å². The van der Waals surface area contributed by atoms with Gasteiger partial charge in [0, 0.05) is 23.0 Å². The number of hydrogen-bond acceptors (Lipinski definition) is 3. The van der Waals surface area contributed by atoms with Gasteiger partial charge in [-0.15, -0.1) is 11.8 Å². The minimum Gasteiger partial charge on any atom is -0.294 e. The average molecular weight is 398 g/mol. The summed E-state index contributed by atoms with van der Waals surface area (Å²) in [6.45, 7) is 0. The summed E-state index contributed by atoms with van der Waals surface area (Å²) in [5.41, 5.74) is 2.26. The average Bonchev–Trinajstić information content (AvgIpc) is 2.96. The summed E-state index contributed by atoms with van der Waals surface area (Å²) >= 11 is 1.36. The van der Waals surface area contributed by atoms with Crippen LogP contribution < -0.4 is 4.90 Å². The Morgan fingerprint density at radius 1 is 0.964 bits per heavy atom. The Balaban J connectivity index is 1.77. The summed E-state index contributed by atoms with van der Waals surface area (Å²) in [6.07, 6.45) is -3.63. The number of alkyl halides is 3. The Morgan fingerprint density at radius 2 is 1.68 bits per heavy atom. The second-order valence-electron chi connectivity index (χ2n) is 6.66. The standard InChI is InChI=1S/C21H13F3N2OS/c22-21(23,24)12-10-16-17(25-11-12)14-8-4-5-9-15(14)18-19(27)26(20(16)28-18)13-6-2-1-3-7-13/h1-11,18,20H. The number of aromatic nitrogens is 1. The van der Waals surface area contributed by atoms with Crippen LogP contribution in [0.25, 0.3) is 11.3 Å². The summed E-state index contributed by atoms with van der Waals surface area (Å²) in [6, 6.07) is 17.5. The molecule has 0 spiro atoms. The molecule has 0 saturated carbocycles. The third-order valence-electron chi connectivity index (χ3n) is 5.00. The summed E-state index contributed by atoms with van der Waals surface area (Å²) in [4.78, 5) is 19.0. The van der Waals surface area contributed by atoms with Gasteiger partial charge in [-0.25, -0.2) is 0 Å². The van der Waals surface area contributed by atoms with Crippen LogP contribution in [0.4, 0.5) is 18.9 Å². The van der Waals surface area contributed by atoms with Crippen molar-refractivity contribution in [2.75, 3.05) is 4.90 Å². The number of pyridine rings is 1. The number of halogens is 3. The third kappa shape index (κ3) is 2.53. The van der Waals surface area contributed by atoms with E-state index in [-0.39, 0.29) is 5.91 Å². The Labute approximate surface area is 163 Å². The van der Waals surface area contributed by atoms with Crippen molar-refractivity contribution < 1.29 is 18.0 Å². The number of amides is 1. The van der Waals surface area contributed by atoms with E-state index in [1.54, 1.807) is 17.0 Å². The first-order valence-electron chi connectivity index (χ1n) is 8.65. The highest BCUT2D eigenvalue weighted by atomic mass is 32.2. The molecule has 3 nitrogen and oxygen atoms in total. The predicted molar refractivity (Wildman–Crippen MR) is 102 cm³/mol. The number of nitrogens with zero attached hydrogens (tertiary/aromatic N) is 2. The van der Waals surface area contributed by atoms with Gasteiger partial charge in [0.15, 0.2) is 0 Å². The molecular weight excluding hydrogens is 385 g/mol. The molecule has 0 radical (unpaired) electrons. The first-order chi connectivity index (χ1) is 13.4. The van der Waals surface area contributed by atoms with Gasteiger partial charge < -0.3 is 0 Å². The lowest BCUT2D eigenvalue weighted by Gasteiger charge is -2.27. The number of fused-ring (bicyclic) bond motifs is 7. The predicted octanol–water partition coefficient (Wildman–Crippen LogP) is 5.60. The van der Waals surface area contributed by atoms with Crippen molar-refractivity contribution in [2.45, 2.75) is 16.8 Å². The van der Waals surface area contributed by atoms with E-state index in [4.69, 9.17) is 0 Å². The molecule has 0 aliphatic carbocycles. The fraction of sp³-hybridized carbons (Fsp3) is 0.143. The quantitative estimate of drug-likeness (QED) is 0.535. The van der Waals surface area contributed by atoms with Crippen molar-refractivity contribution in [3.8, 4) is 11.3 Å². The largest absolute Gasteiger partial charge is 0.417 e. The maximum absolute atomic E-state index is 13.4. The van der Waals surface area contributed by atoms with E-state index >= 15 is 0 Å². The zero-order valence-electron chi connectivity index (χ0n) is 14.4. The maximum atomic E-state index is 13.4. The number of carbonyl (C=O) groups is 1. The number of benzene rings is 2. The molecule has 2 bridgehead atoms. The Bertz CT molecular complexity index is 1080. The zero-order valence-corrected chi connectivity index (χ0v) is 15.2. The van der Waals surface area contributed by atoms with Crippen LogP contribution in [-0.4, -0.2) is 10.9 Å². The molecule has 1 aromatic heterocycles. The molecule has 1 amide bonds. The maximum Gasteiger partial charge on any atom is 0.417 e. The van der Waals surface area contributed by atoms with Crippen LogP contribution >= 0.6 is 11.8 Å². The van der Waals surface area contributed by atoms with Gasteiger partial charge in [-0.3, -0.25) is 14.7 Å². The topological polar surface area (TPSA) is 33.2 Å². The highest BCUT2D eigenvalue weighted by molar-refractivity contribution is 8.01. The molecule has 3 heterocycles. The van der Waals surface area contributed by atoms with Crippen LogP contribution in [0.2, 0.25) is 0 Å². The second-order valence-corrected chi connectivity index (χ2v) is 7.85. The van der Waals surface area contributed by atoms with E-state index in [1.165, 1.54) is 11.8 Å². The Hall–Kier alpha value is -2.80. The van der Waals surface area contributed by atoms with Crippen molar-refractivity contribution in [1.29, 1.82) is 0 Å². The second kappa shape index (κ2) is 6.10. The van der Waals surface area contributed by atoms with E-state index < -0.39 is 22.4 Å². The monoisotopic (exact) mass is 398 g/mol. The molecule has 28 heavy (non-hydrogen) atoms. The summed E-state index contributed by atoms with van der Waals surface area (Å²) in [7, 11) is 0. The number of rotatable bonds is 1. The van der Waals surface area contributed by atoms with E-state index in [2.05, 4.69) is 4.98 Å². The molecule has 1 fully saturated rings. The Morgan fingerprint density at radius 3 is 2.43 bits per heavy atom. The SMILES string of the molecule is O=C1C2SC(c3cc(C(F)(F)F)cnc3-c3ccccc32)N1c1ccccc1. The first kappa shape index (κ1) is 17.3. The molecule has 3 aromatic rings. The molecule has 2 aromatic carbocycles. The van der Waals surface area contributed by atoms with Crippen molar-refractivity contribution in [3.63, 3.8) is 0 Å². The van der Waals surface area contributed by atoms with E-state index in [9.17, 15) is 18.0 Å². The Kier molecular flexibility index (Phi) is 3.77. The summed E-state index contributed by atoms with van der Waals surface area (Å²) in [5, 5.41) is -1.05. The third-order valence-corrected chi connectivity index (χ3v) is 6.45. The first-order valence-corrected chi connectivity index (χ1v) is 9.59. The number of carbonyl (C=O) groups excluding carboxylic acids is 1. The van der Waals surface area contributed by atoms with Crippen molar-refractivity contribution in [2.24, 2.45) is 0 Å². The summed E-state index contributed by atoms with van der Waals surface area (Å²) < 4.78 is 40.1. The van der Waals surface area contributed by atoms with Crippen LogP contribution in [0.15, 0.2) is 66.9 Å². The minimum absolute atomic E-state index is 0.128. The molecule has 7 heteroatoms. The van der Waals surface area contributed by atoms with E-state index in [1.807, 2.05) is 42.5 Å². The number of thioether (sulfide) groups is 1. The molecule has 5 rings (SSSR count). The van der Waals surface area contributed by atoms with Crippen molar-refractivity contribution >= 4 is 23.4 Å². The van der Waals surface area contributed by atoms with E-state index in [0.29, 0.717) is 22.5 Å². The lowest BCUT2D eigenvalue weighted by molar-refractivity contribution is -0.137. The van der Waals surface area contributed by atoms with Crippen LogP contribution in [0.5, 0.6) is 0 Å². The van der Waals surface area contributed by atoms with Gasteiger partial charge >= 0.3 is 6.18 Å². The van der Waals surface area contributed by atoms with Gasteiger partial charge in [0.2, 0.25) is 5.91 Å². The van der Waals surface area contributed by atoms with Crippen LogP contribution in [0, 0.1) is 0 Å².